The van der Waals surface area contributed by atoms with E-state index in [1.807, 2.05) is 36.4 Å². The third kappa shape index (κ3) is 4.14. The molecule has 4 heteroatoms. The molecule has 1 unspecified atom stereocenters. The van der Waals surface area contributed by atoms with Gasteiger partial charge in [-0.25, -0.2) is 4.98 Å². The van der Waals surface area contributed by atoms with Crippen molar-refractivity contribution in [1.82, 2.24) is 4.98 Å². The molecule has 0 aliphatic carbocycles. The molecule has 0 aliphatic rings. The number of anilines is 2. The molecule has 3 nitrogen and oxygen atoms in total. The second-order valence-electron chi connectivity index (χ2n) is 4.76. The molecule has 0 fully saturated rings. The molecule has 106 valence electrons. The Balaban J connectivity index is 2.05. The molecule has 20 heavy (non-hydrogen) atoms. The number of halogens is 1. The molecule has 2 rings (SSSR count). The molecule has 1 aromatic heterocycles. The van der Waals surface area contributed by atoms with Crippen molar-refractivity contribution in [1.29, 1.82) is 0 Å². The lowest BCUT2D eigenvalue weighted by atomic mass is 10.1. The van der Waals surface area contributed by atoms with E-state index in [-0.39, 0.29) is 6.04 Å². The molecule has 0 saturated heterocycles. The highest BCUT2D eigenvalue weighted by atomic mass is 35.5. The summed E-state index contributed by atoms with van der Waals surface area (Å²) in [6, 6.07) is 14.0. The van der Waals surface area contributed by atoms with Crippen LogP contribution in [0, 0.1) is 0 Å². The van der Waals surface area contributed by atoms with Crippen LogP contribution in [0.15, 0.2) is 42.5 Å². The lowest BCUT2D eigenvalue weighted by Crippen LogP contribution is -2.09. The number of nitrogens with zero attached hydrogens (tertiary/aromatic N) is 1. The minimum absolute atomic E-state index is 0.155. The van der Waals surface area contributed by atoms with Crippen LogP contribution in [-0.4, -0.2) is 11.5 Å². The first kappa shape index (κ1) is 14.7. The van der Waals surface area contributed by atoms with Gasteiger partial charge >= 0.3 is 0 Å². The fraction of sp³-hybridized carbons (Fsp3) is 0.312. The number of hydrogen-bond acceptors (Lipinski definition) is 3. The minimum atomic E-state index is 0.155. The minimum Gasteiger partial charge on any atom is -0.370 e. The van der Waals surface area contributed by atoms with E-state index in [9.17, 15) is 0 Å². The summed E-state index contributed by atoms with van der Waals surface area (Å²) in [5.41, 5.74) is 1.14. The Morgan fingerprint density at radius 3 is 2.65 bits per heavy atom. The van der Waals surface area contributed by atoms with Crippen molar-refractivity contribution in [3.63, 3.8) is 0 Å². The van der Waals surface area contributed by atoms with Crippen LogP contribution in [-0.2, 0) is 0 Å². The predicted octanol–water partition coefficient (Wildman–Crippen LogP) is 4.73. The van der Waals surface area contributed by atoms with Crippen LogP contribution in [0.1, 0.15) is 31.9 Å². The molecule has 1 heterocycles. The van der Waals surface area contributed by atoms with Crippen LogP contribution in [0.4, 0.5) is 11.6 Å². The van der Waals surface area contributed by atoms with Gasteiger partial charge in [0.15, 0.2) is 0 Å². The normalized spacial score (nSPS) is 11.9. The maximum Gasteiger partial charge on any atom is 0.128 e. The number of benzene rings is 1. The number of aromatic nitrogens is 1. The zero-order valence-electron chi connectivity index (χ0n) is 11.9. The van der Waals surface area contributed by atoms with Crippen molar-refractivity contribution < 1.29 is 0 Å². The standard InChI is InChI=1S/C16H20ClN3/c1-3-10-18-15-8-5-9-16(20-15)19-12(2)13-6-4-7-14(17)11-13/h4-9,11-12H,3,10H2,1-2H3,(H2,18,19,20). The van der Waals surface area contributed by atoms with Crippen molar-refractivity contribution in [2.24, 2.45) is 0 Å². The molecular weight excluding hydrogens is 270 g/mol. The van der Waals surface area contributed by atoms with E-state index >= 15 is 0 Å². The summed E-state index contributed by atoms with van der Waals surface area (Å²) in [6.45, 7) is 5.16. The van der Waals surface area contributed by atoms with Crippen molar-refractivity contribution in [3.05, 3.63) is 53.1 Å². The Morgan fingerprint density at radius 2 is 1.90 bits per heavy atom. The largest absolute Gasteiger partial charge is 0.370 e. The summed E-state index contributed by atoms with van der Waals surface area (Å²) in [4.78, 5) is 4.54. The van der Waals surface area contributed by atoms with Gasteiger partial charge in [0.05, 0.1) is 0 Å². The molecule has 0 saturated carbocycles. The third-order valence-corrected chi connectivity index (χ3v) is 3.25. The molecule has 0 amide bonds. The van der Waals surface area contributed by atoms with Gasteiger partial charge in [-0.05, 0) is 43.2 Å². The first-order valence-corrected chi connectivity index (χ1v) is 7.29. The molecule has 0 bridgehead atoms. The van der Waals surface area contributed by atoms with E-state index in [1.54, 1.807) is 0 Å². The fourth-order valence-corrected chi connectivity index (χ4v) is 2.15. The van der Waals surface area contributed by atoms with Crippen LogP contribution in [0.5, 0.6) is 0 Å². The van der Waals surface area contributed by atoms with Crippen molar-refractivity contribution in [3.8, 4) is 0 Å². The maximum atomic E-state index is 6.02. The van der Waals surface area contributed by atoms with Crippen molar-refractivity contribution in [2.75, 3.05) is 17.2 Å². The van der Waals surface area contributed by atoms with E-state index in [0.717, 1.165) is 35.2 Å². The Hall–Kier alpha value is -1.74. The zero-order valence-corrected chi connectivity index (χ0v) is 12.6. The topological polar surface area (TPSA) is 37.0 Å². The van der Waals surface area contributed by atoms with E-state index in [2.05, 4.69) is 35.5 Å². The van der Waals surface area contributed by atoms with Gasteiger partial charge in [-0.3, -0.25) is 0 Å². The molecule has 0 spiro atoms. The van der Waals surface area contributed by atoms with Crippen molar-refractivity contribution >= 4 is 23.2 Å². The molecule has 1 aromatic carbocycles. The molecule has 2 aromatic rings. The average Bonchev–Trinajstić information content (AvgIpc) is 2.45. The highest BCUT2D eigenvalue weighted by Gasteiger charge is 2.06. The number of nitrogens with one attached hydrogen (secondary N) is 2. The molecular formula is C16H20ClN3. The lowest BCUT2D eigenvalue weighted by molar-refractivity contribution is 0.874. The summed E-state index contributed by atoms with van der Waals surface area (Å²) in [5.74, 6) is 1.76. The molecule has 0 radical (unpaired) electrons. The summed E-state index contributed by atoms with van der Waals surface area (Å²) >= 11 is 6.02. The number of hydrogen-bond donors (Lipinski definition) is 2. The smallest absolute Gasteiger partial charge is 0.128 e. The van der Waals surface area contributed by atoms with Crippen LogP contribution in [0.2, 0.25) is 5.02 Å². The Labute approximate surface area is 125 Å². The van der Waals surface area contributed by atoms with Crippen molar-refractivity contribution in [2.45, 2.75) is 26.3 Å². The predicted molar refractivity (Wildman–Crippen MR) is 86.5 cm³/mol. The highest BCUT2D eigenvalue weighted by molar-refractivity contribution is 6.30. The first-order valence-electron chi connectivity index (χ1n) is 6.92. The second-order valence-corrected chi connectivity index (χ2v) is 5.19. The monoisotopic (exact) mass is 289 g/mol. The Morgan fingerprint density at radius 1 is 1.15 bits per heavy atom. The van der Waals surface area contributed by atoms with Gasteiger partial charge in [0.25, 0.3) is 0 Å². The van der Waals surface area contributed by atoms with Gasteiger partial charge in [-0.15, -0.1) is 0 Å². The van der Waals surface area contributed by atoms with Gasteiger partial charge in [-0.2, -0.15) is 0 Å². The zero-order chi connectivity index (χ0) is 14.4. The quantitative estimate of drug-likeness (QED) is 0.807. The molecule has 0 aliphatic heterocycles. The van der Waals surface area contributed by atoms with Gasteiger partial charge in [0.2, 0.25) is 0 Å². The molecule has 2 N–H and O–H groups in total. The lowest BCUT2D eigenvalue weighted by Gasteiger charge is -2.16. The summed E-state index contributed by atoms with van der Waals surface area (Å²) in [6.07, 6.45) is 1.08. The fourth-order valence-electron chi connectivity index (χ4n) is 1.95. The SMILES string of the molecule is CCCNc1cccc(NC(C)c2cccc(Cl)c2)n1. The third-order valence-electron chi connectivity index (χ3n) is 3.02. The number of pyridine rings is 1. The van der Waals surface area contributed by atoms with Crippen LogP contribution < -0.4 is 10.6 Å². The summed E-state index contributed by atoms with van der Waals surface area (Å²) in [5, 5.41) is 7.43. The Kier molecular flexibility index (Phi) is 5.24. The first-order chi connectivity index (χ1) is 9.69. The van der Waals surface area contributed by atoms with E-state index in [1.165, 1.54) is 0 Å². The van der Waals surface area contributed by atoms with Gasteiger partial charge < -0.3 is 10.6 Å². The van der Waals surface area contributed by atoms with Crippen LogP contribution in [0.3, 0.4) is 0 Å². The van der Waals surface area contributed by atoms with Gasteiger partial charge in [0.1, 0.15) is 11.6 Å². The van der Waals surface area contributed by atoms with Crippen LogP contribution in [0.25, 0.3) is 0 Å². The van der Waals surface area contributed by atoms with E-state index in [4.69, 9.17) is 11.6 Å². The van der Waals surface area contributed by atoms with Gasteiger partial charge in [-0.1, -0.05) is 36.7 Å². The second kappa shape index (κ2) is 7.15. The number of rotatable bonds is 6. The summed E-state index contributed by atoms with van der Waals surface area (Å²) in [7, 11) is 0. The van der Waals surface area contributed by atoms with E-state index in [0.29, 0.717) is 0 Å². The summed E-state index contributed by atoms with van der Waals surface area (Å²) < 4.78 is 0. The van der Waals surface area contributed by atoms with Crippen LogP contribution >= 0.6 is 11.6 Å². The maximum absolute atomic E-state index is 6.02. The average molecular weight is 290 g/mol. The van der Waals surface area contributed by atoms with E-state index < -0.39 is 0 Å². The van der Waals surface area contributed by atoms with Gasteiger partial charge in [0, 0.05) is 17.6 Å². The molecule has 1 atom stereocenters. The Bertz CT molecular complexity index is 557. The highest BCUT2D eigenvalue weighted by Crippen LogP contribution is 2.21.